The molecule has 1 saturated heterocycles. The van der Waals surface area contributed by atoms with E-state index >= 15 is 0 Å². The molecule has 0 aliphatic carbocycles. The minimum absolute atomic E-state index is 0.00315. The van der Waals surface area contributed by atoms with Gasteiger partial charge in [-0.3, -0.25) is 4.79 Å². The van der Waals surface area contributed by atoms with Crippen molar-refractivity contribution >= 4 is 11.7 Å². The second-order valence-corrected chi connectivity index (χ2v) is 6.88. The first-order valence-corrected chi connectivity index (χ1v) is 7.39. The molecule has 5 nitrogen and oxygen atoms in total. The lowest BCUT2D eigenvalue weighted by Crippen LogP contribution is -2.48. The second-order valence-electron chi connectivity index (χ2n) is 6.88. The quantitative estimate of drug-likeness (QED) is 0.861. The van der Waals surface area contributed by atoms with Crippen molar-refractivity contribution in [2.75, 3.05) is 18.8 Å². The summed E-state index contributed by atoms with van der Waals surface area (Å²) in [5.74, 6) is 0.386. The Morgan fingerprint density at radius 3 is 2.38 bits per heavy atom. The summed E-state index contributed by atoms with van der Waals surface area (Å²) >= 11 is 0. The van der Waals surface area contributed by atoms with E-state index < -0.39 is 0 Å². The normalized spacial score (nSPS) is 23.2. The van der Waals surface area contributed by atoms with Crippen LogP contribution >= 0.6 is 0 Å². The molecule has 2 rings (SSSR count). The number of aromatic nitrogens is 1. The average Bonchev–Trinajstić information content (AvgIpc) is 2.35. The van der Waals surface area contributed by atoms with E-state index in [0.717, 1.165) is 5.69 Å². The number of rotatable bonds is 1. The smallest absolute Gasteiger partial charge is 0.254 e. The lowest BCUT2D eigenvalue weighted by Gasteiger charge is -2.35. The molecule has 0 unspecified atom stereocenters. The number of hydrogen-bond donors (Lipinski definition) is 1. The van der Waals surface area contributed by atoms with Crippen molar-refractivity contribution in [2.45, 2.75) is 52.2 Å². The molecule has 1 aliphatic rings. The Balaban J connectivity index is 2.29. The highest BCUT2D eigenvalue weighted by Crippen LogP contribution is 2.24. The molecule has 1 aromatic rings. The third-order valence-electron chi connectivity index (χ3n) is 3.57. The predicted molar refractivity (Wildman–Crippen MR) is 83.3 cm³/mol. The van der Waals surface area contributed by atoms with Crippen molar-refractivity contribution in [2.24, 2.45) is 0 Å². The van der Waals surface area contributed by atoms with Gasteiger partial charge in [-0.25, -0.2) is 4.98 Å². The molecule has 0 radical (unpaired) electrons. The molecule has 0 aromatic carbocycles. The van der Waals surface area contributed by atoms with Crippen molar-refractivity contribution < 1.29 is 9.53 Å². The molecule has 1 amide bonds. The van der Waals surface area contributed by atoms with Gasteiger partial charge in [0.25, 0.3) is 5.91 Å². The fourth-order valence-electron chi connectivity index (χ4n) is 2.59. The fourth-order valence-corrected chi connectivity index (χ4v) is 2.59. The Hall–Kier alpha value is -1.62. The van der Waals surface area contributed by atoms with Gasteiger partial charge in [0, 0.05) is 29.8 Å². The SMILES string of the molecule is C[C@@H]1CN(C(=O)c2cc(N)nc(C(C)(C)C)c2)C[C@H](C)O1. The van der Waals surface area contributed by atoms with Crippen molar-refractivity contribution in [3.05, 3.63) is 23.4 Å². The number of carbonyl (C=O) groups is 1. The van der Waals surface area contributed by atoms with E-state index in [0.29, 0.717) is 24.5 Å². The zero-order valence-electron chi connectivity index (χ0n) is 13.5. The zero-order chi connectivity index (χ0) is 15.8. The van der Waals surface area contributed by atoms with Crippen molar-refractivity contribution in [3.63, 3.8) is 0 Å². The highest BCUT2D eigenvalue weighted by atomic mass is 16.5. The first-order chi connectivity index (χ1) is 9.66. The fraction of sp³-hybridized carbons (Fsp3) is 0.625. The summed E-state index contributed by atoms with van der Waals surface area (Å²) in [5, 5.41) is 0. The van der Waals surface area contributed by atoms with Gasteiger partial charge in [0.05, 0.1) is 12.2 Å². The number of anilines is 1. The third-order valence-corrected chi connectivity index (χ3v) is 3.57. The van der Waals surface area contributed by atoms with E-state index in [-0.39, 0.29) is 23.5 Å². The van der Waals surface area contributed by atoms with Crippen molar-refractivity contribution in [1.82, 2.24) is 9.88 Å². The third kappa shape index (κ3) is 3.73. The highest BCUT2D eigenvalue weighted by molar-refractivity contribution is 5.95. The molecule has 1 fully saturated rings. The van der Waals surface area contributed by atoms with Crippen LogP contribution in [-0.4, -0.2) is 41.1 Å². The summed E-state index contributed by atoms with van der Waals surface area (Å²) in [6, 6.07) is 3.51. The summed E-state index contributed by atoms with van der Waals surface area (Å²) < 4.78 is 5.67. The number of pyridine rings is 1. The summed E-state index contributed by atoms with van der Waals surface area (Å²) in [7, 11) is 0. The molecule has 0 saturated carbocycles. The van der Waals surface area contributed by atoms with Gasteiger partial charge >= 0.3 is 0 Å². The Morgan fingerprint density at radius 1 is 1.29 bits per heavy atom. The van der Waals surface area contributed by atoms with Crippen LogP contribution in [0.25, 0.3) is 0 Å². The Kier molecular flexibility index (Phi) is 4.23. The first kappa shape index (κ1) is 15.8. The van der Waals surface area contributed by atoms with Crippen LogP contribution in [0.1, 0.15) is 50.7 Å². The van der Waals surface area contributed by atoms with Crippen LogP contribution in [0, 0.1) is 0 Å². The van der Waals surface area contributed by atoms with Gasteiger partial charge in [-0.1, -0.05) is 20.8 Å². The van der Waals surface area contributed by atoms with E-state index in [1.165, 1.54) is 0 Å². The Morgan fingerprint density at radius 2 is 1.86 bits per heavy atom. The van der Waals surface area contributed by atoms with Gasteiger partial charge in [0.1, 0.15) is 5.82 Å². The summed E-state index contributed by atoms with van der Waals surface area (Å²) in [4.78, 5) is 18.9. The molecule has 21 heavy (non-hydrogen) atoms. The summed E-state index contributed by atoms with van der Waals surface area (Å²) in [5.41, 5.74) is 7.17. The van der Waals surface area contributed by atoms with Crippen LogP contribution in [0.4, 0.5) is 5.82 Å². The molecule has 5 heteroatoms. The van der Waals surface area contributed by atoms with E-state index in [1.807, 2.05) is 24.8 Å². The molecule has 2 N–H and O–H groups in total. The second kappa shape index (κ2) is 5.64. The topological polar surface area (TPSA) is 68.5 Å². The lowest BCUT2D eigenvalue weighted by molar-refractivity contribution is -0.0586. The van der Waals surface area contributed by atoms with Crippen molar-refractivity contribution in [3.8, 4) is 0 Å². The number of nitrogen functional groups attached to an aromatic ring is 1. The standard InChI is InChI=1S/C16H25N3O2/c1-10-8-19(9-11(2)21-10)15(20)12-6-13(16(3,4)5)18-14(17)7-12/h6-7,10-11H,8-9H2,1-5H3,(H2,17,18)/t10-,11+. The van der Waals surface area contributed by atoms with Crippen LogP contribution in [0.3, 0.4) is 0 Å². The Bertz CT molecular complexity index is 527. The maximum absolute atomic E-state index is 12.7. The molecule has 0 spiro atoms. The number of hydrogen-bond acceptors (Lipinski definition) is 4. The molecule has 2 atom stereocenters. The van der Waals surface area contributed by atoms with Gasteiger partial charge in [0.15, 0.2) is 0 Å². The van der Waals surface area contributed by atoms with Crippen LogP contribution in [0.15, 0.2) is 12.1 Å². The molecule has 0 bridgehead atoms. The number of amides is 1. The predicted octanol–water partition coefficient (Wildman–Crippen LogP) is 2.21. The lowest BCUT2D eigenvalue weighted by atomic mass is 9.90. The van der Waals surface area contributed by atoms with Crippen molar-refractivity contribution in [1.29, 1.82) is 0 Å². The maximum atomic E-state index is 12.7. The zero-order valence-corrected chi connectivity index (χ0v) is 13.5. The van der Waals surface area contributed by atoms with Crippen LogP contribution in [-0.2, 0) is 10.2 Å². The van der Waals surface area contributed by atoms with Gasteiger partial charge in [-0.15, -0.1) is 0 Å². The minimum atomic E-state index is -0.143. The minimum Gasteiger partial charge on any atom is -0.384 e. The van der Waals surface area contributed by atoms with Crippen LogP contribution in [0.2, 0.25) is 0 Å². The largest absolute Gasteiger partial charge is 0.384 e. The maximum Gasteiger partial charge on any atom is 0.254 e. The van der Waals surface area contributed by atoms with Gasteiger partial charge in [-0.05, 0) is 26.0 Å². The molecule has 116 valence electrons. The van der Waals surface area contributed by atoms with Gasteiger partial charge in [0.2, 0.25) is 0 Å². The van der Waals surface area contributed by atoms with Gasteiger partial charge < -0.3 is 15.4 Å². The monoisotopic (exact) mass is 291 g/mol. The van der Waals surface area contributed by atoms with E-state index in [1.54, 1.807) is 6.07 Å². The van der Waals surface area contributed by atoms with Crippen LogP contribution < -0.4 is 5.73 Å². The number of nitrogens with two attached hydrogens (primary N) is 1. The summed E-state index contributed by atoms with van der Waals surface area (Å²) in [6.07, 6.45) is 0.109. The van der Waals surface area contributed by atoms with Gasteiger partial charge in [-0.2, -0.15) is 0 Å². The molecule has 1 aliphatic heterocycles. The highest BCUT2D eigenvalue weighted by Gasteiger charge is 2.28. The number of carbonyl (C=O) groups excluding carboxylic acids is 1. The van der Waals surface area contributed by atoms with E-state index in [2.05, 4.69) is 25.8 Å². The number of ether oxygens (including phenoxy) is 1. The summed E-state index contributed by atoms with van der Waals surface area (Å²) in [6.45, 7) is 11.4. The van der Waals surface area contributed by atoms with Crippen LogP contribution in [0.5, 0.6) is 0 Å². The molecular weight excluding hydrogens is 266 g/mol. The average molecular weight is 291 g/mol. The Labute approximate surface area is 126 Å². The first-order valence-electron chi connectivity index (χ1n) is 7.39. The number of nitrogens with zero attached hydrogens (tertiary/aromatic N) is 2. The molecule has 1 aromatic heterocycles. The van der Waals surface area contributed by atoms with E-state index in [9.17, 15) is 4.79 Å². The molecule has 2 heterocycles. The van der Waals surface area contributed by atoms with E-state index in [4.69, 9.17) is 10.5 Å². The molecular formula is C16H25N3O2. The number of morpholine rings is 1.